The first-order valence-electron chi connectivity index (χ1n) is 5.26. The van der Waals surface area contributed by atoms with Crippen molar-refractivity contribution in [3.63, 3.8) is 0 Å². The normalized spacial score (nSPS) is 19.0. The standard InChI is InChI=1S/C12H12BrNO3/c1-2-17-12-9(10(15)11(12)16)14-8-6-4-3-5-7(8)13/h3-6,11,14,16H,2H2,1H3. The Morgan fingerprint density at radius 3 is 2.82 bits per heavy atom. The number of hydrogen-bond donors (Lipinski definition) is 2. The largest absolute Gasteiger partial charge is 0.493 e. The minimum atomic E-state index is -1.13. The van der Waals surface area contributed by atoms with Crippen LogP contribution in [0.25, 0.3) is 0 Å². The maximum absolute atomic E-state index is 11.5. The monoisotopic (exact) mass is 297 g/mol. The third-order valence-electron chi connectivity index (χ3n) is 2.42. The molecule has 0 bridgehead atoms. The second-order valence-electron chi connectivity index (χ2n) is 3.54. The number of aliphatic hydroxyl groups is 1. The third kappa shape index (κ3) is 2.21. The van der Waals surface area contributed by atoms with E-state index in [-0.39, 0.29) is 5.78 Å². The smallest absolute Gasteiger partial charge is 0.218 e. The van der Waals surface area contributed by atoms with Crippen LogP contribution in [0.4, 0.5) is 5.69 Å². The maximum atomic E-state index is 11.5. The van der Waals surface area contributed by atoms with Gasteiger partial charge in [0.25, 0.3) is 0 Å². The van der Waals surface area contributed by atoms with Gasteiger partial charge in [0.1, 0.15) is 5.70 Å². The van der Waals surface area contributed by atoms with Crippen LogP contribution in [0.2, 0.25) is 0 Å². The lowest BCUT2D eigenvalue weighted by Gasteiger charge is -2.28. The Labute approximate surface area is 107 Å². The van der Waals surface area contributed by atoms with Gasteiger partial charge in [-0.25, -0.2) is 0 Å². The number of aliphatic hydroxyl groups excluding tert-OH is 1. The number of carbonyl (C=O) groups is 1. The average Bonchev–Trinajstić information content (AvgIpc) is 2.35. The van der Waals surface area contributed by atoms with Gasteiger partial charge in [-0.2, -0.15) is 0 Å². The molecule has 0 radical (unpaired) electrons. The van der Waals surface area contributed by atoms with Gasteiger partial charge in [0.15, 0.2) is 11.9 Å². The molecule has 0 heterocycles. The molecular formula is C12H12BrNO3. The Bertz CT molecular complexity index is 484. The lowest BCUT2D eigenvalue weighted by atomic mass is 9.97. The van der Waals surface area contributed by atoms with Gasteiger partial charge in [0.05, 0.1) is 12.3 Å². The van der Waals surface area contributed by atoms with E-state index in [1.165, 1.54) is 0 Å². The van der Waals surface area contributed by atoms with Crippen molar-refractivity contribution in [1.82, 2.24) is 0 Å². The topological polar surface area (TPSA) is 58.6 Å². The first kappa shape index (κ1) is 12.1. The number of ether oxygens (including phenoxy) is 1. The third-order valence-corrected chi connectivity index (χ3v) is 3.11. The van der Waals surface area contributed by atoms with Crippen LogP contribution in [-0.4, -0.2) is 23.6 Å². The number of nitrogens with one attached hydrogen (secondary N) is 1. The van der Waals surface area contributed by atoms with Crippen molar-refractivity contribution in [3.05, 3.63) is 40.2 Å². The van der Waals surface area contributed by atoms with Crippen molar-refractivity contribution < 1.29 is 14.6 Å². The van der Waals surface area contributed by atoms with E-state index in [0.717, 1.165) is 10.2 Å². The first-order chi connectivity index (χ1) is 8.15. The number of rotatable bonds is 4. The summed E-state index contributed by atoms with van der Waals surface area (Å²) in [7, 11) is 0. The highest BCUT2D eigenvalue weighted by atomic mass is 79.9. The lowest BCUT2D eigenvalue weighted by molar-refractivity contribution is -0.127. The summed E-state index contributed by atoms with van der Waals surface area (Å²) in [6.45, 7) is 2.22. The number of anilines is 1. The molecule has 1 aliphatic carbocycles. The molecule has 90 valence electrons. The highest BCUT2D eigenvalue weighted by molar-refractivity contribution is 9.10. The molecule has 0 spiro atoms. The van der Waals surface area contributed by atoms with Crippen LogP contribution in [0.1, 0.15) is 6.92 Å². The van der Waals surface area contributed by atoms with Crippen molar-refractivity contribution in [3.8, 4) is 0 Å². The van der Waals surface area contributed by atoms with E-state index in [9.17, 15) is 9.90 Å². The Kier molecular flexibility index (Phi) is 3.49. The molecule has 5 heteroatoms. The molecule has 1 aromatic carbocycles. The van der Waals surface area contributed by atoms with E-state index >= 15 is 0 Å². The van der Waals surface area contributed by atoms with Crippen molar-refractivity contribution in [2.75, 3.05) is 11.9 Å². The minimum absolute atomic E-state index is 0.313. The highest BCUT2D eigenvalue weighted by Crippen LogP contribution is 2.30. The van der Waals surface area contributed by atoms with Crippen molar-refractivity contribution >= 4 is 27.4 Å². The van der Waals surface area contributed by atoms with Crippen LogP contribution in [0.15, 0.2) is 40.2 Å². The number of halogens is 1. The summed E-state index contributed by atoms with van der Waals surface area (Å²) >= 11 is 3.37. The molecule has 2 rings (SSSR count). The Morgan fingerprint density at radius 1 is 1.47 bits per heavy atom. The molecule has 0 aromatic heterocycles. The molecule has 0 saturated carbocycles. The van der Waals surface area contributed by atoms with Crippen molar-refractivity contribution in [1.29, 1.82) is 0 Å². The fourth-order valence-electron chi connectivity index (χ4n) is 1.56. The number of benzene rings is 1. The van der Waals surface area contributed by atoms with E-state index in [1.807, 2.05) is 24.3 Å². The zero-order chi connectivity index (χ0) is 12.4. The minimum Gasteiger partial charge on any atom is -0.493 e. The van der Waals surface area contributed by atoms with Gasteiger partial charge in [-0.15, -0.1) is 0 Å². The molecule has 0 fully saturated rings. The molecule has 1 atom stereocenters. The molecule has 1 aromatic rings. The van der Waals surface area contributed by atoms with Gasteiger partial charge >= 0.3 is 0 Å². The fraction of sp³-hybridized carbons (Fsp3) is 0.250. The number of carbonyl (C=O) groups excluding carboxylic acids is 1. The van der Waals surface area contributed by atoms with E-state index < -0.39 is 6.10 Å². The Balaban J connectivity index is 2.24. The van der Waals surface area contributed by atoms with Crippen LogP contribution in [0.3, 0.4) is 0 Å². The quantitative estimate of drug-likeness (QED) is 0.893. The zero-order valence-corrected chi connectivity index (χ0v) is 10.8. The van der Waals surface area contributed by atoms with Gasteiger partial charge in [-0.3, -0.25) is 4.79 Å². The molecule has 0 aliphatic heterocycles. The van der Waals surface area contributed by atoms with Gasteiger partial charge in [-0.1, -0.05) is 12.1 Å². The summed E-state index contributed by atoms with van der Waals surface area (Å²) in [6, 6.07) is 7.43. The van der Waals surface area contributed by atoms with Crippen LogP contribution in [0, 0.1) is 0 Å². The van der Waals surface area contributed by atoms with E-state index in [2.05, 4.69) is 21.2 Å². The van der Waals surface area contributed by atoms with Crippen LogP contribution < -0.4 is 5.32 Å². The van der Waals surface area contributed by atoms with Crippen molar-refractivity contribution in [2.45, 2.75) is 13.0 Å². The van der Waals surface area contributed by atoms with Gasteiger partial charge in [0, 0.05) is 4.47 Å². The van der Waals surface area contributed by atoms with Gasteiger partial charge in [-0.05, 0) is 35.0 Å². The number of Topliss-reactive ketones (excluding diaryl/α,β-unsaturated/α-hetero) is 1. The number of para-hydroxylation sites is 1. The SMILES string of the molecule is CCOC1=C(Nc2ccccc2Br)C(=O)C1O. The second kappa shape index (κ2) is 4.89. The van der Waals surface area contributed by atoms with Crippen molar-refractivity contribution in [2.24, 2.45) is 0 Å². The molecule has 0 amide bonds. The van der Waals surface area contributed by atoms with Crippen LogP contribution >= 0.6 is 15.9 Å². The predicted molar refractivity (Wildman–Crippen MR) is 67.4 cm³/mol. The summed E-state index contributed by atoms with van der Waals surface area (Å²) in [5, 5.41) is 12.4. The average molecular weight is 298 g/mol. The summed E-state index contributed by atoms with van der Waals surface area (Å²) in [6.07, 6.45) is -1.13. The van der Waals surface area contributed by atoms with Gasteiger partial charge in [0.2, 0.25) is 5.78 Å². The molecule has 17 heavy (non-hydrogen) atoms. The summed E-state index contributed by atoms with van der Waals surface area (Å²) in [5.74, 6) is -0.0301. The summed E-state index contributed by atoms with van der Waals surface area (Å²) < 4.78 is 6.06. The zero-order valence-electron chi connectivity index (χ0n) is 9.24. The highest BCUT2D eigenvalue weighted by Gasteiger charge is 2.40. The molecule has 4 nitrogen and oxygen atoms in total. The summed E-state index contributed by atoms with van der Waals surface area (Å²) in [4.78, 5) is 11.5. The number of ketones is 1. The lowest BCUT2D eigenvalue weighted by Crippen LogP contribution is -2.41. The molecular weight excluding hydrogens is 286 g/mol. The van der Waals surface area contributed by atoms with E-state index in [0.29, 0.717) is 18.1 Å². The number of hydrogen-bond acceptors (Lipinski definition) is 4. The molecule has 1 aliphatic rings. The molecule has 1 unspecified atom stereocenters. The van der Waals surface area contributed by atoms with Crippen LogP contribution in [0.5, 0.6) is 0 Å². The van der Waals surface area contributed by atoms with E-state index in [1.54, 1.807) is 6.92 Å². The molecule has 0 saturated heterocycles. The second-order valence-corrected chi connectivity index (χ2v) is 4.40. The first-order valence-corrected chi connectivity index (χ1v) is 6.05. The Morgan fingerprint density at radius 2 is 2.18 bits per heavy atom. The predicted octanol–water partition coefficient (Wildman–Crippen LogP) is 2.05. The van der Waals surface area contributed by atoms with Gasteiger partial charge < -0.3 is 15.2 Å². The Hall–Kier alpha value is -1.33. The maximum Gasteiger partial charge on any atom is 0.218 e. The fourth-order valence-corrected chi connectivity index (χ4v) is 1.95. The summed E-state index contributed by atoms with van der Waals surface area (Å²) in [5.41, 5.74) is 1.09. The van der Waals surface area contributed by atoms with Crippen LogP contribution in [-0.2, 0) is 9.53 Å². The van der Waals surface area contributed by atoms with E-state index in [4.69, 9.17) is 4.74 Å². The molecule has 2 N–H and O–H groups in total.